The van der Waals surface area contributed by atoms with Gasteiger partial charge in [-0.3, -0.25) is 30.2 Å². The summed E-state index contributed by atoms with van der Waals surface area (Å²) in [6, 6.07) is 7.50. The van der Waals surface area contributed by atoms with E-state index in [1.54, 1.807) is 18.2 Å². The molecule has 3 N–H and O–H groups in total. The van der Waals surface area contributed by atoms with Gasteiger partial charge in [0, 0.05) is 10.4 Å². The molecule has 1 aromatic heterocycles. The SMILES string of the molecule is CC[C@H](C)[C@@H](N=C1NS(=O)(=O)c2ccccc21)C(=O)NNC(=O)c1cc2c(s1)CCC2. The normalized spacial score (nSPS) is 19.2. The van der Waals surface area contributed by atoms with Crippen molar-refractivity contribution < 1.29 is 18.0 Å². The smallest absolute Gasteiger partial charge is 0.271 e. The molecule has 1 aliphatic carbocycles. The summed E-state index contributed by atoms with van der Waals surface area (Å²) in [4.78, 5) is 31.7. The van der Waals surface area contributed by atoms with Gasteiger partial charge >= 0.3 is 0 Å². The molecule has 1 aliphatic heterocycles. The number of hydrogen-bond acceptors (Lipinski definition) is 6. The first kappa shape index (κ1) is 21.5. The van der Waals surface area contributed by atoms with E-state index in [2.05, 4.69) is 20.6 Å². The van der Waals surface area contributed by atoms with Gasteiger partial charge in [0.15, 0.2) is 0 Å². The summed E-state index contributed by atoms with van der Waals surface area (Å²) in [6.07, 6.45) is 3.74. The molecular formula is C21H24N4O4S2. The van der Waals surface area contributed by atoms with E-state index in [4.69, 9.17) is 0 Å². The fraction of sp³-hybridized carbons (Fsp3) is 0.381. The van der Waals surface area contributed by atoms with Crippen molar-refractivity contribution in [3.63, 3.8) is 0 Å². The van der Waals surface area contributed by atoms with E-state index in [1.165, 1.54) is 27.8 Å². The topological polar surface area (TPSA) is 117 Å². The lowest BCUT2D eigenvalue weighted by Gasteiger charge is -2.19. The molecule has 2 aliphatic rings. The van der Waals surface area contributed by atoms with E-state index >= 15 is 0 Å². The van der Waals surface area contributed by atoms with Gasteiger partial charge in [-0.1, -0.05) is 32.4 Å². The molecule has 0 bridgehead atoms. The molecule has 31 heavy (non-hydrogen) atoms. The maximum absolute atomic E-state index is 12.9. The van der Waals surface area contributed by atoms with Crippen LogP contribution in [0, 0.1) is 5.92 Å². The number of hydrogen-bond donors (Lipinski definition) is 3. The first-order valence-electron chi connectivity index (χ1n) is 10.2. The number of carbonyl (C=O) groups is 2. The van der Waals surface area contributed by atoms with E-state index in [9.17, 15) is 18.0 Å². The number of hydrazine groups is 1. The highest BCUT2D eigenvalue weighted by Crippen LogP contribution is 2.30. The highest BCUT2D eigenvalue weighted by atomic mass is 32.2. The molecule has 2 amide bonds. The molecule has 2 aromatic rings. The summed E-state index contributed by atoms with van der Waals surface area (Å²) in [7, 11) is -3.70. The molecule has 4 rings (SSSR count). The Labute approximate surface area is 185 Å². The minimum absolute atomic E-state index is 0.135. The Morgan fingerprint density at radius 2 is 2.00 bits per heavy atom. The maximum Gasteiger partial charge on any atom is 0.279 e. The highest BCUT2D eigenvalue weighted by Gasteiger charge is 2.33. The molecule has 0 fully saturated rings. The predicted octanol–water partition coefficient (Wildman–Crippen LogP) is 2.15. The lowest BCUT2D eigenvalue weighted by Crippen LogP contribution is -2.48. The number of carbonyl (C=O) groups excluding carboxylic acids is 2. The van der Waals surface area contributed by atoms with Crippen LogP contribution in [0.15, 0.2) is 40.2 Å². The average molecular weight is 461 g/mol. The zero-order valence-electron chi connectivity index (χ0n) is 17.3. The van der Waals surface area contributed by atoms with Crippen LogP contribution in [0.25, 0.3) is 0 Å². The Bertz CT molecular complexity index is 1150. The van der Waals surface area contributed by atoms with E-state index in [0.717, 1.165) is 19.3 Å². The van der Waals surface area contributed by atoms with Gasteiger partial charge in [-0.15, -0.1) is 11.3 Å². The number of rotatable bonds is 5. The van der Waals surface area contributed by atoms with Crippen molar-refractivity contribution in [3.05, 3.63) is 51.2 Å². The third-order valence-electron chi connectivity index (χ3n) is 5.65. The highest BCUT2D eigenvalue weighted by molar-refractivity contribution is 7.90. The quantitative estimate of drug-likeness (QED) is 0.593. The van der Waals surface area contributed by atoms with Gasteiger partial charge in [0.05, 0.1) is 9.77 Å². The Kier molecular flexibility index (Phi) is 5.85. The Morgan fingerprint density at radius 3 is 2.74 bits per heavy atom. The molecule has 2 heterocycles. The van der Waals surface area contributed by atoms with Crippen molar-refractivity contribution in [3.8, 4) is 0 Å². The number of aryl methyl sites for hydroxylation is 2. The lowest BCUT2D eigenvalue weighted by molar-refractivity contribution is -0.124. The predicted molar refractivity (Wildman–Crippen MR) is 118 cm³/mol. The van der Waals surface area contributed by atoms with Gasteiger partial charge in [0.1, 0.15) is 11.9 Å². The van der Waals surface area contributed by atoms with Crippen LogP contribution < -0.4 is 15.6 Å². The number of aliphatic imine (C=N–C) groups is 1. The largest absolute Gasteiger partial charge is 0.279 e. The van der Waals surface area contributed by atoms with E-state index in [0.29, 0.717) is 16.9 Å². The summed E-state index contributed by atoms with van der Waals surface area (Å²) >= 11 is 1.45. The van der Waals surface area contributed by atoms with Crippen LogP contribution >= 0.6 is 11.3 Å². The Balaban J connectivity index is 1.51. The minimum atomic E-state index is -3.70. The standard InChI is InChI=1S/C21H24N4O4S2/c1-3-12(2)18(22-19-14-8-4-5-10-17(14)31(28,29)25-19)21(27)24-23-20(26)16-11-13-7-6-9-15(13)30-16/h4-5,8,10-12,18H,3,6-7,9H2,1-2H3,(H,22,25)(H,23,26)(H,24,27)/t12-,18+/m0/s1. The maximum atomic E-state index is 12.9. The summed E-state index contributed by atoms with van der Waals surface area (Å²) < 4.78 is 27.1. The number of benzene rings is 1. The van der Waals surface area contributed by atoms with Crippen molar-refractivity contribution in [2.24, 2.45) is 10.9 Å². The summed E-state index contributed by atoms with van der Waals surface area (Å²) in [5, 5.41) is 0. The van der Waals surface area contributed by atoms with Gasteiger partial charge < -0.3 is 0 Å². The number of fused-ring (bicyclic) bond motifs is 2. The zero-order valence-corrected chi connectivity index (χ0v) is 18.9. The van der Waals surface area contributed by atoms with Gasteiger partial charge in [0.25, 0.3) is 21.8 Å². The van der Waals surface area contributed by atoms with E-state index < -0.39 is 22.0 Å². The number of sulfonamides is 1. The third-order valence-corrected chi connectivity index (χ3v) is 8.29. The molecular weight excluding hydrogens is 436 g/mol. The van der Waals surface area contributed by atoms with E-state index in [1.807, 2.05) is 19.9 Å². The minimum Gasteiger partial charge on any atom is -0.271 e. The second kappa shape index (κ2) is 8.43. The number of nitrogens with zero attached hydrogens (tertiary/aromatic N) is 1. The second-order valence-electron chi connectivity index (χ2n) is 7.77. The van der Waals surface area contributed by atoms with Gasteiger partial charge in [0.2, 0.25) is 0 Å². The molecule has 0 spiro atoms. The van der Waals surface area contributed by atoms with Crippen LogP contribution in [0.3, 0.4) is 0 Å². The lowest BCUT2D eigenvalue weighted by atomic mass is 9.99. The summed E-state index contributed by atoms with van der Waals surface area (Å²) in [5.41, 5.74) is 6.57. The van der Waals surface area contributed by atoms with Crippen molar-refractivity contribution in [2.45, 2.75) is 50.5 Å². The summed E-state index contributed by atoms with van der Waals surface area (Å²) in [5.74, 6) is -0.901. The van der Waals surface area contributed by atoms with Gasteiger partial charge in [-0.25, -0.2) is 8.42 Å². The second-order valence-corrected chi connectivity index (χ2v) is 10.6. The fourth-order valence-electron chi connectivity index (χ4n) is 3.73. The van der Waals surface area contributed by atoms with Crippen LogP contribution in [-0.4, -0.2) is 32.1 Å². The number of nitrogens with one attached hydrogen (secondary N) is 3. The summed E-state index contributed by atoms with van der Waals surface area (Å²) in [6.45, 7) is 3.78. The zero-order chi connectivity index (χ0) is 22.2. The van der Waals surface area contributed by atoms with Gasteiger partial charge in [-0.2, -0.15) is 0 Å². The monoisotopic (exact) mass is 460 g/mol. The Morgan fingerprint density at radius 1 is 1.23 bits per heavy atom. The third kappa shape index (κ3) is 4.22. The molecule has 1 aromatic carbocycles. The molecule has 164 valence electrons. The first-order chi connectivity index (χ1) is 14.8. The van der Waals surface area contributed by atoms with Crippen LogP contribution in [0.1, 0.15) is 52.4 Å². The Hall–Kier alpha value is -2.72. The number of amidine groups is 1. The molecule has 0 unspecified atom stereocenters. The average Bonchev–Trinajstić information content (AvgIpc) is 3.42. The van der Waals surface area contributed by atoms with Crippen molar-refractivity contribution in [1.29, 1.82) is 0 Å². The van der Waals surface area contributed by atoms with E-state index in [-0.39, 0.29) is 22.6 Å². The van der Waals surface area contributed by atoms with Crippen molar-refractivity contribution in [2.75, 3.05) is 0 Å². The molecule has 8 nitrogen and oxygen atoms in total. The van der Waals surface area contributed by atoms with Crippen LogP contribution in [0.5, 0.6) is 0 Å². The number of thiophene rings is 1. The van der Waals surface area contributed by atoms with Crippen LogP contribution in [-0.2, 0) is 27.7 Å². The van der Waals surface area contributed by atoms with Crippen molar-refractivity contribution >= 4 is 39.0 Å². The molecule has 2 atom stereocenters. The van der Waals surface area contributed by atoms with Crippen LogP contribution in [0.4, 0.5) is 0 Å². The first-order valence-corrected chi connectivity index (χ1v) is 12.5. The van der Waals surface area contributed by atoms with Crippen LogP contribution in [0.2, 0.25) is 0 Å². The molecule has 0 saturated heterocycles. The van der Waals surface area contributed by atoms with Gasteiger partial charge in [-0.05, 0) is 48.9 Å². The van der Waals surface area contributed by atoms with Crippen molar-refractivity contribution in [1.82, 2.24) is 15.6 Å². The molecule has 0 saturated carbocycles. The molecule has 10 heteroatoms. The molecule has 0 radical (unpaired) electrons. The number of amides is 2. The fourth-order valence-corrected chi connectivity index (χ4v) is 6.12.